The van der Waals surface area contributed by atoms with Crippen molar-refractivity contribution in [1.82, 2.24) is 5.32 Å². The van der Waals surface area contributed by atoms with Gasteiger partial charge in [-0.2, -0.15) is 0 Å². The van der Waals surface area contributed by atoms with Crippen LogP contribution in [0.5, 0.6) is 17.2 Å². The highest BCUT2D eigenvalue weighted by atomic mass is 16.7. The van der Waals surface area contributed by atoms with E-state index in [1.807, 2.05) is 0 Å². The summed E-state index contributed by atoms with van der Waals surface area (Å²) in [7, 11) is 0. The molecule has 1 aromatic rings. The molecule has 1 saturated carbocycles. The van der Waals surface area contributed by atoms with Gasteiger partial charge in [0, 0.05) is 12.1 Å². The lowest BCUT2D eigenvalue weighted by Crippen LogP contribution is -2.46. The van der Waals surface area contributed by atoms with Gasteiger partial charge in [0.1, 0.15) is 5.75 Å². The summed E-state index contributed by atoms with van der Waals surface area (Å²) < 4.78 is 16.0. The maximum Gasteiger partial charge on any atom is 0.412 e. The zero-order valence-electron chi connectivity index (χ0n) is 14.0. The Labute approximate surface area is 137 Å². The molecule has 126 valence electrons. The number of fused-ring (bicyclic) bond motifs is 1. The second-order valence-corrected chi connectivity index (χ2v) is 6.98. The fourth-order valence-electron chi connectivity index (χ4n) is 3.60. The predicted molar refractivity (Wildman–Crippen MR) is 86.9 cm³/mol. The van der Waals surface area contributed by atoms with Crippen LogP contribution in [0.25, 0.3) is 0 Å². The Balaban J connectivity index is 1.61. The van der Waals surface area contributed by atoms with E-state index in [9.17, 15) is 4.79 Å². The molecule has 3 rings (SSSR count). The van der Waals surface area contributed by atoms with Crippen molar-refractivity contribution in [3.8, 4) is 17.2 Å². The van der Waals surface area contributed by atoms with Crippen molar-refractivity contribution in [3.63, 3.8) is 0 Å². The lowest BCUT2D eigenvalue weighted by atomic mass is 9.74. The van der Waals surface area contributed by atoms with Crippen LogP contribution in [0, 0.1) is 17.8 Å². The first-order valence-electron chi connectivity index (χ1n) is 8.41. The molecule has 1 aromatic carbocycles. The van der Waals surface area contributed by atoms with Crippen LogP contribution in [0.4, 0.5) is 4.79 Å². The minimum absolute atomic E-state index is 0.181. The molecule has 1 fully saturated rings. The maximum atomic E-state index is 12.3. The van der Waals surface area contributed by atoms with Gasteiger partial charge in [-0.3, -0.25) is 0 Å². The third-order valence-corrected chi connectivity index (χ3v) is 4.88. The lowest BCUT2D eigenvalue weighted by molar-refractivity contribution is 0.150. The number of nitrogens with one attached hydrogen (secondary N) is 1. The molecule has 0 aromatic heterocycles. The van der Waals surface area contributed by atoms with Crippen molar-refractivity contribution < 1.29 is 19.0 Å². The summed E-state index contributed by atoms with van der Waals surface area (Å²) in [4.78, 5) is 12.3. The van der Waals surface area contributed by atoms with E-state index in [4.69, 9.17) is 14.2 Å². The van der Waals surface area contributed by atoms with Crippen LogP contribution in [0.2, 0.25) is 0 Å². The molecule has 0 unspecified atom stereocenters. The molecule has 5 nitrogen and oxygen atoms in total. The molecule has 1 heterocycles. The Kier molecular flexibility index (Phi) is 4.64. The lowest BCUT2D eigenvalue weighted by Gasteiger charge is -2.37. The molecular formula is C18H25NO4. The average molecular weight is 319 g/mol. The van der Waals surface area contributed by atoms with Gasteiger partial charge in [0.15, 0.2) is 11.5 Å². The van der Waals surface area contributed by atoms with Gasteiger partial charge in [0.2, 0.25) is 6.79 Å². The zero-order valence-corrected chi connectivity index (χ0v) is 14.0. The topological polar surface area (TPSA) is 56.8 Å². The van der Waals surface area contributed by atoms with Gasteiger partial charge in [0.05, 0.1) is 0 Å². The number of benzene rings is 1. The molecule has 0 bridgehead atoms. The minimum atomic E-state index is -0.395. The molecule has 3 atom stereocenters. The first-order valence-corrected chi connectivity index (χ1v) is 8.41. The fraction of sp³-hybridized carbons (Fsp3) is 0.611. The highest BCUT2D eigenvalue weighted by Crippen LogP contribution is 2.36. The summed E-state index contributed by atoms with van der Waals surface area (Å²) in [6, 6.07) is 5.34. The number of amides is 1. The summed E-state index contributed by atoms with van der Waals surface area (Å²) in [5.74, 6) is 3.46. The summed E-state index contributed by atoms with van der Waals surface area (Å²) in [5.41, 5.74) is 0. The van der Waals surface area contributed by atoms with Crippen LogP contribution in [0.1, 0.15) is 40.0 Å². The van der Waals surface area contributed by atoms with E-state index in [-0.39, 0.29) is 12.8 Å². The Morgan fingerprint density at radius 2 is 2.04 bits per heavy atom. The van der Waals surface area contributed by atoms with Crippen LogP contribution in [0.3, 0.4) is 0 Å². The van der Waals surface area contributed by atoms with Gasteiger partial charge < -0.3 is 19.5 Å². The molecule has 5 heteroatoms. The van der Waals surface area contributed by atoms with Gasteiger partial charge >= 0.3 is 6.09 Å². The molecule has 1 amide bonds. The third-order valence-electron chi connectivity index (χ3n) is 4.88. The summed E-state index contributed by atoms with van der Waals surface area (Å²) >= 11 is 0. The third kappa shape index (κ3) is 3.71. The maximum absolute atomic E-state index is 12.3. The summed E-state index contributed by atoms with van der Waals surface area (Å²) in [6.07, 6.45) is 3.01. The Hall–Kier alpha value is -1.91. The highest BCUT2D eigenvalue weighted by molar-refractivity contribution is 5.71. The summed E-state index contributed by atoms with van der Waals surface area (Å²) in [6.45, 7) is 6.90. The van der Waals surface area contributed by atoms with E-state index in [0.717, 1.165) is 12.8 Å². The van der Waals surface area contributed by atoms with Crippen LogP contribution in [-0.4, -0.2) is 18.9 Å². The number of rotatable bonds is 3. The van der Waals surface area contributed by atoms with Crippen molar-refractivity contribution in [1.29, 1.82) is 0 Å². The van der Waals surface area contributed by atoms with Crippen molar-refractivity contribution in [3.05, 3.63) is 18.2 Å². The van der Waals surface area contributed by atoms with Crippen LogP contribution >= 0.6 is 0 Å². The van der Waals surface area contributed by atoms with Gasteiger partial charge in [0.25, 0.3) is 0 Å². The quantitative estimate of drug-likeness (QED) is 0.916. The highest BCUT2D eigenvalue weighted by Gasteiger charge is 2.32. The number of carbonyl (C=O) groups is 1. The fourth-order valence-corrected chi connectivity index (χ4v) is 3.60. The smallest absolute Gasteiger partial charge is 0.412 e. The SMILES string of the molecule is CC(C)[C@H]1CC[C@H](C)C[C@H]1NC(=O)Oc1ccc2c(c1)OCO2. The predicted octanol–water partition coefficient (Wildman–Crippen LogP) is 3.96. The van der Waals surface area contributed by atoms with Gasteiger partial charge in [-0.1, -0.05) is 27.2 Å². The van der Waals surface area contributed by atoms with E-state index >= 15 is 0 Å². The first kappa shape index (κ1) is 16.0. The molecule has 1 aliphatic heterocycles. The van der Waals surface area contributed by atoms with E-state index in [1.165, 1.54) is 6.42 Å². The van der Waals surface area contributed by atoms with Crippen molar-refractivity contribution in [2.45, 2.75) is 46.1 Å². The van der Waals surface area contributed by atoms with Crippen molar-refractivity contribution in [2.75, 3.05) is 6.79 Å². The monoisotopic (exact) mass is 319 g/mol. The number of ether oxygens (including phenoxy) is 3. The number of hydrogen-bond donors (Lipinski definition) is 1. The average Bonchev–Trinajstić information content (AvgIpc) is 2.94. The largest absolute Gasteiger partial charge is 0.454 e. The second-order valence-electron chi connectivity index (χ2n) is 6.98. The molecule has 0 saturated heterocycles. The summed E-state index contributed by atoms with van der Waals surface area (Å²) in [5, 5.41) is 3.06. The normalized spacial score (nSPS) is 26.2. The Bertz CT molecular complexity index is 572. The van der Waals surface area contributed by atoms with Crippen molar-refractivity contribution in [2.24, 2.45) is 17.8 Å². The van der Waals surface area contributed by atoms with Crippen LogP contribution < -0.4 is 19.5 Å². The van der Waals surface area contributed by atoms with Gasteiger partial charge in [-0.15, -0.1) is 0 Å². The molecular weight excluding hydrogens is 294 g/mol. The minimum Gasteiger partial charge on any atom is -0.454 e. The molecule has 0 spiro atoms. The van der Waals surface area contributed by atoms with Crippen LogP contribution in [0.15, 0.2) is 18.2 Å². The first-order chi connectivity index (χ1) is 11.0. The van der Waals surface area contributed by atoms with E-state index < -0.39 is 6.09 Å². The molecule has 2 aliphatic rings. The second kappa shape index (κ2) is 6.69. The van der Waals surface area contributed by atoms with Gasteiger partial charge in [-0.25, -0.2) is 4.79 Å². The Morgan fingerprint density at radius 3 is 2.83 bits per heavy atom. The van der Waals surface area contributed by atoms with E-state index in [2.05, 4.69) is 26.1 Å². The molecule has 23 heavy (non-hydrogen) atoms. The van der Waals surface area contributed by atoms with Crippen molar-refractivity contribution >= 4 is 6.09 Å². The van der Waals surface area contributed by atoms with Gasteiger partial charge in [-0.05, 0) is 42.7 Å². The van der Waals surface area contributed by atoms with Crippen LogP contribution in [-0.2, 0) is 0 Å². The van der Waals surface area contributed by atoms with E-state index in [1.54, 1.807) is 18.2 Å². The molecule has 1 aliphatic carbocycles. The zero-order chi connectivity index (χ0) is 16.4. The molecule has 0 radical (unpaired) electrons. The Morgan fingerprint density at radius 1 is 1.26 bits per heavy atom. The standard InChI is InChI=1S/C18H25NO4/c1-11(2)14-6-4-12(3)8-15(14)19-18(20)23-13-5-7-16-17(9-13)22-10-21-16/h5,7,9,11-12,14-15H,4,6,8,10H2,1-3H3,(H,19,20)/t12-,14+,15+/m0/s1. The molecule has 1 N–H and O–H groups in total. The number of hydrogen-bond acceptors (Lipinski definition) is 4. The van der Waals surface area contributed by atoms with E-state index in [0.29, 0.717) is 35.0 Å². The number of carbonyl (C=O) groups excluding carboxylic acids is 1.